The predicted octanol–water partition coefficient (Wildman–Crippen LogP) is 4.25. The maximum atomic E-state index is 13.0. The van der Waals surface area contributed by atoms with Crippen LogP contribution in [0.2, 0.25) is 0 Å². The molecule has 0 aliphatic heterocycles. The van der Waals surface area contributed by atoms with Gasteiger partial charge in [0, 0.05) is 22.0 Å². The van der Waals surface area contributed by atoms with Gasteiger partial charge >= 0.3 is 0 Å². The first-order valence-electron chi connectivity index (χ1n) is 7.84. The molecule has 0 radical (unpaired) electrons. The van der Waals surface area contributed by atoms with Gasteiger partial charge in [0.05, 0.1) is 0 Å². The standard InChI is InChI=1S/C19H13FN4OS/c20-14-6-4-13(5-7-14)16-10-8-15(26-16)9-11-18(25)21-19-23-22-17-3-1-2-12-24(17)19/h1-12H,(H,21,23,25). The molecule has 0 spiro atoms. The van der Waals surface area contributed by atoms with Gasteiger partial charge in [0.15, 0.2) is 5.65 Å². The quantitative estimate of drug-likeness (QED) is 0.551. The van der Waals surface area contributed by atoms with Crippen LogP contribution >= 0.6 is 11.3 Å². The summed E-state index contributed by atoms with van der Waals surface area (Å²) in [5.41, 5.74) is 1.60. The Hall–Kier alpha value is -3.32. The average Bonchev–Trinajstić information content (AvgIpc) is 3.28. The minimum Gasteiger partial charge on any atom is -0.291 e. The molecule has 1 N–H and O–H groups in total. The summed E-state index contributed by atoms with van der Waals surface area (Å²) in [6, 6.07) is 15.7. The Kier molecular flexibility index (Phi) is 4.28. The zero-order chi connectivity index (χ0) is 17.9. The van der Waals surface area contributed by atoms with E-state index in [9.17, 15) is 9.18 Å². The summed E-state index contributed by atoms with van der Waals surface area (Å²) in [4.78, 5) is 14.1. The molecule has 4 aromatic rings. The molecule has 0 atom stereocenters. The van der Waals surface area contributed by atoms with E-state index in [0.29, 0.717) is 11.6 Å². The normalized spacial score (nSPS) is 11.3. The molecule has 3 aromatic heterocycles. The number of anilines is 1. The van der Waals surface area contributed by atoms with Crippen molar-refractivity contribution in [1.29, 1.82) is 0 Å². The molecule has 1 aromatic carbocycles. The third-order valence-corrected chi connectivity index (χ3v) is 4.80. The van der Waals surface area contributed by atoms with Crippen molar-refractivity contribution < 1.29 is 9.18 Å². The number of nitrogens with one attached hydrogen (secondary N) is 1. The summed E-state index contributed by atoms with van der Waals surface area (Å²) in [6.45, 7) is 0. The molecule has 7 heteroatoms. The zero-order valence-corrected chi connectivity index (χ0v) is 14.3. The largest absolute Gasteiger partial charge is 0.291 e. The molecule has 0 aliphatic rings. The van der Waals surface area contributed by atoms with Crippen LogP contribution in [0.3, 0.4) is 0 Å². The van der Waals surface area contributed by atoms with Crippen molar-refractivity contribution in [3.8, 4) is 10.4 Å². The minimum absolute atomic E-state index is 0.261. The van der Waals surface area contributed by atoms with E-state index in [1.54, 1.807) is 34.9 Å². The Balaban J connectivity index is 1.46. The molecule has 0 bridgehead atoms. The van der Waals surface area contributed by atoms with E-state index in [1.165, 1.54) is 29.5 Å². The summed E-state index contributed by atoms with van der Waals surface area (Å²) in [7, 11) is 0. The SMILES string of the molecule is O=C(C=Cc1ccc(-c2ccc(F)cc2)s1)Nc1nnc2ccccn12. The Labute approximate surface area is 152 Å². The van der Waals surface area contributed by atoms with Gasteiger partial charge < -0.3 is 0 Å². The number of benzene rings is 1. The van der Waals surface area contributed by atoms with E-state index in [-0.39, 0.29) is 11.7 Å². The number of halogens is 1. The van der Waals surface area contributed by atoms with Crippen molar-refractivity contribution in [2.45, 2.75) is 0 Å². The van der Waals surface area contributed by atoms with Crippen molar-refractivity contribution in [3.63, 3.8) is 0 Å². The van der Waals surface area contributed by atoms with E-state index < -0.39 is 0 Å². The van der Waals surface area contributed by atoms with Crippen LogP contribution in [0.25, 0.3) is 22.2 Å². The molecular weight excluding hydrogens is 351 g/mol. The van der Waals surface area contributed by atoms with Gasteiger partial charge in [-0.1, -0.05) is 18.2 Å². The number of carbonyl (C=O) groups excluding carboxylic acids is 1. The topological polar surface area (TPSA) is 59.3 Å². The molecular formula is C19H13FN4OS. The second-order valence-corrected chi connectivity index (χ2v) is 6.60. The summed E-state index contributed by atoms with van der Waals surface area (Å²) in [5, 5.41) is 10.6. The number of hydrogen-bond donors (Lipinski definition) is 1. The molecule has 26 heavy (non-hydrogen) atoms. The number of aromatic nitrogens is 3. The van der Waals surface area contributed by atoms with Crippen molar-refractivity contribution >= 4 is 34.9 Å². The fourth-order valence-corrected chi connectivity index (χ4v) is 3.36. The first-order chi connectivity index (χ1) is 12.7. The fraction of sp³-hybridized carbons (Fsp3) is 0. The number of fused-ring (bicyclic) bond motifs is 1. The van der Waals surface area contributed by atoms with Crippen LogP contribution in [0.1, 0.15) is 4.88 Å². The first-order valence-corrected chi connectivity index (χ1v) is 8.65. The highest BCUT2D eigenvalue weighted by atomic mass is 32.1. The van der Waals surface area contributed by atoms with Gasteiger partial charge in [0.25, 0.3) is 5.91 Å². The number of amides is 1. The van der Waals surface area contributed by atoms with Gasteiger partial charge in [-0.15, -0.1) is 21.5 Å². The molecule has 0 aliphatic carbocycles. The minimum atomic E-state index is -0.292. The van der Waals surface area contributed by atoms with E-state index in [0.717, 1.165) is 15.3 Å². The highest BCUT2D eigenvalue weighted by Gasteiger charge is 2.07. The van der Waals surface area contributed by atoms with Gasteiger partial charge in [-0.25, -0.2) is 4.39 Å². The van der Waals surface area contributed by atoms with Crippen molar-refractivity contribution in [1.82, 2.24) is 14.6 Å². The smallest absolute Gasteiger partial charge is 0.250 e. The van der Waals surface area contributed by atoms with E-state index in [1.807, 2.05) is 24.3 Å². The van der Waals surface area contributed by atoms with Crippen LogP contribution in [0.5, 0.6) is 0 Å². The van der Waals surface area contributed by atoms with Crippen LogP contribution in [-0.4, -0.2) is 20.5 Å². The van der Waals surface area contributed by atoms with Gasteiger partial charge in [-0.2, -0.15) is 0 Å². The summed E-state index contributed by atoms with van der Waals surface area (Å²) in [6.07, 6.45) is 4.96. The van der Waals surface area contributed by atoms with Gasteiger partial charge in [0.1, 0.15) is 5.82 Å². The first kappa shape index (κ1) is 16.2. The zero-order valence-electron chi connectivity index (χ0n) is 13.5. The second-order valence-electron chi connectivity index (χ2n) is 5.48. The van der Waals surface area contributed by atoms with Crippen molar-refractivity contribution in [2.24, 2.45) is 0 Å². The highest BCUT2D eigenvalue weighted by molar-refractivity contribution is 7.16. The number of rotatable bonds is 4. The second kappa shape index (κ2) is 6.89. The predicted molar refractivity (Wildman–Crippen MR) is 100 cm³/mol. The van der Waals surface area contributed by atoms with Gasteiger partial charge in [-0.05, 0) is 48.0 Å². The van der Waals surface area contributed by atoms with Crippen molar-refractivity contribution in [3.05, 3.63) is 77.6 Å². The van der Waals surface area contributed by atoms with Crippen LogP contribution in [-0.2, 0) is 4.79 Å². The molecule has 128 valence electrons. The molecule has 0 fully saturated rings. The Morgan fingerprint density at radius 1 is 1.08 bits per heavy atom. The lowest BCUT2D eigenvalue weighted by atomic mass is 10.2. The average molecular weight is 364 g/mol. The number of thiophene rings is 1. The lowest BCUT2D eigenvalue weighted by molar-refractivity contribution is -0.111. The maximum Gasteiger partial charge on any atom is 0.250 e. The molecule has 1 amide bonds. The Bertz CT molecular complexity index is 1100. The maximum absolute atomic E-state index is 13.0. The summed E-state index contributed by atoms with van der Waals surface area (Å²) in [5.74, 6) is -0.184. The van der Waals surface area contributed by atoms with Crippen LogP contribution in [0, 0.1) is 5.82 Å². The summed E-state index contributed by atoms with van der Waals surface area (Å²) < 4.78 is 14.7. The molecule has 0 saturated heterocycles. The van der Waals surface area contributed by atoms with Gasteiger partial charge in [0.2, 0.25) is 5.95 Å². The molecule has 0 saturated carbocycles. The third-order valence-electron chi connectivity index (χ3n) is 3.70. The Morgan fingerprint density at radius 3 is 2.77 bits per heavy atom. The van der Waals surface area contributed by atoms with E-state index in [2.05, 4.69) is 15.5 Å². The monoisotopic (exact) mass is 364 g/mol. The summed E-state index contributed by atoms with van der Waals surface area (Å²) >= 11 is 1.52. The highest BCUT2D eigenvalue weighted by Crippen LogP contribution is 2.28. The fourth-order valence-electron chi connectivity index (χ4n) is 2.45. The van der Waals surface area contributed by atoms with Crippen LogP contribution in [0.4, 0.5) is 10.3 Å². The van der Waals surface area contributed by atoms with Crippen LogP contribution in [0.15, 0.2) is 66.9 Å². The lowest BCUT2D eigenvalue weighted by Crippen LogP contribution is -2.10. The number of carbonyl (C=O) groups is 1. The molecule has 5 nitrogen and oxygen atoms in total. The number of pyridine rings is 1. The number of hydrogen-bond acceptors (Lipinski definition) is 4. The van der Waals surface area contributed by atoms with Gasteiger partial charge in [-0.3, -0.25) is 14.5 Å². The molecule has 4 rings (SSSR count). The van der Waals surface area contributed by atoms with Crippen molar-refractivity contribution in [2.75, 3.05) is 5.32 Å². The molecule has 3 heterocycles. The third kappa shape index (κ3) is 3.38. The Morgan fingerprint density at radius 2 is 1.92 bits per heavy atom. The van der Waals surface area contributed by atoms with E-state index >= 15 is 0 Å². The van der Waals surface area contributed by atoms with E-state index in [4.69, 9.17) is 0 Å². The van der Waals surface area contributed by atoms with Crippen LogP contribution < -0.4 is 5.32 Å². The molecule has 0 unspecified atom stereocenters. The lowest BCUT2D eigenvalue weighted by Gasteiger charge is -1.99. The number of nitrogens with zero attached hydrogens (tertiary/aromatic N) is 3.